The van der Waals surface area contributed by atoms with E-state index in [1.54, 1.807) is 29.7 Å². The lowest BCUT2D eigenvalue weighted by atomic mass is 10.1. The van der Waals surface area contributed by atoms with Crippen LogP contribution in [0.5, 0.6) is 0 Å². The standard InChI is InChI=1S/C14H11N5O4S/c15-8-24-13-11(19(22)23)7-16-14(18-13)17-10-4-1-9(2-5-10)3-6-12(20)21/h1-2,4-5,7H,3,6H2,(H,20,21)(H,16,17,18). The van der Waals surface area contributed by atoms with Crippen LogP contribution in [0.2, 0.25) is 0 Å². The first-order valence-electron chi connectivity index (χ1n) is 6.64. The largest absolute Gasteiger partial charge is 0.481 e. The summed E-state index contributed by atoms with van der Waals surface area (Å²) in [6, 6.07) is 6.97. The third-order valence-corrected chi connectivity index (χ3v) is 3.50. The highest BCUT2D eigenvalue weighted by Crippen LogP contribution is 2.27. The summed E-state index contributed by atoms with van der Waals surface area (Å²) >= 11 is 0.584. The van der Waals surface area contributed by atoms with Crippen molar-refractivity contribution in [3.05, 3.63) is 46.1 Å². The first-order valence-corrected chi connectivity index (χ1v) is 7.46. The molecule has 0 fully saturated rings. The zero-order valence-electron chi connectivity index (χ0n) is 12.2. The highest BCUT2D eigenvalue weighted by molar-refractivity contribution is 8.03. The van der Waals surface area contributed by atoms with E-state index in [1.807, 2.05) is 0 Å². The molecule has 2 rings (SSSR count). The molecule has 0 amide bonds. The Morgan fingerprint density at radius 2 is 2.12 bits per heavy atom. The lowest BCUT2D eigenvalue weighted by molar-refractivity contribution is -0.388. The van der Waals surface area contributed by atoms with E-state index < -0.39 is 10.9 Å². The van der Waals surface area contributed by atoms with E-state index in [4.69, 9.17) is 10.4 Å². The highest BCUT2D eigenvalue weighted by atomic mass is 32.2. The molecular weight excluding hydrogens is 334 g/mol. The number of nitrogens with one attached hydrogen (secondary N) is 1. The van der Waals surface area contributed by atoms with Gasteiger partial charge in [-0.15, -0.1) is 0 Å². The van der Waals surface area contributed by atoms with Crippen LogP contribution in [0.15, 0.2) is 35.5 Å². The zero-order valence-corrected chi connectivity index (χ0v) is 13.0. The van der Waals surface area contributed by atoms with Crippen LogP contribution in [0.3, 0.4) is 0 Å². The Labute approximate surface area is 140 Å². The molecule has 0 atom stereocenters. The number of hydrogen-bond donors (Lipinski definition) is 2. The molecule has 0 aliphatic heterocycles. The number of hydrogen-bond acceptors (Lipinski definition) is 8. The third kappa shape index (κ3) is 4.65. The lowest BCUT2D eigenvalue weighted by Gasteiger charge is -2.06. The Bertz CT molecular complexity index is 804. The van der Waals surface area contributed by atoms with Crippen LogP contribution in [0.4, 0.5) is 17.3 Å². The fourth-order valence-corrected chi connectivity index (χ4v) is 2.25. The van der Waals surface area contributed by atoms with Crippen molar-refractivity contribution in [1.29, 1.82) is 5.26 Å². The number of aliphatic carboxylic acids is 1. The van der Waals surface area contributed by atoms with Crippen molar-refractivity contribution in [2.75, 3.05) is 5.32 Å². The second-order valence-electron chi connectivity index (χ2n) is 4.55. The van der Waals surface area contributed by atoms with Gasteiger partial charge in [-0.25, -0.2) is 4.98 Å². The predicted molar refractivity (Wildman–Crippen MR) is 85.8 cm³/mol. The number of nitrogens with zero attached hydrogens (tertiary/aromatic N) is 4. The number of aryl methyl sites for hydroxylation is 1. The van der Waals surface area contributed by atoms with E-state index >= 15 is 0 Å². The number of aromatic nitrogens is 2. The molecule has 1 aromatic carbocycles. The minimum atomic E-state index is -0.862. The molecule has 10 heteroatoms. The number of nitro groups is 1. The van der Waals surface area contributed by atoms with Crippen molar-refractivity contribution in [2.24, 2.45) is 0 Å². The second-order valence-corrected chi connectivity index (χ2v) is 5.32. The summed E-state index contributed by atoms with van der Waals surface area (Å²) in [6.45, 7) is 0. The summed E-state index contributed by atoms with van der Waals surface area (Å²) in [6.07, 6.45) is 1.51. The summed E-state index contributed by atoms with van der Waals surface area (Å²) < 4.78 is 0. The van der Waals surface area contributed by atoms with Gasteiger partial charge in [-0.2, -0.15) is 10.2 Å². The van der Waals surface area contributed by atoms with Crippen LogP contribution in [-0.4, -0.2) is 26.0 Å². The molecule has 0 aliphatic carbocycles. The summed E-state index contributed by atoms with van der Waals surface area (Å²) in [4.78, 5) is 28.6. The Morgan fingerprint density at radius 1 is 1.42 bits per heavy atom. The van der Waals surface area contributed by atoms with Gasteiger partial charge in [0.2, 0.25) is 5.95 Å². The van der Waals surface area contributed by atoms with Crippen molar-refractivity contribution in [3.8, 4) is 5.40 Å². The molecule has 9 nitrogen and oxygen atoms in total. The first kappa shape index (κ1) is 17.2. The van der Waals surface area contributed by atoms with Crippen LogP contribution in [0.25, 0.3) is 0 Å². The van der Waals surface area contributed by atoms with Crippen LogP contribution < -0.4 is 5.32 Å². The number of rotatable bonds is 7. The van der Waals surface area contributed by atoms with Gasteiger partial charge in [-0.05, 0) is 24.1 Å². The molecule has 0 saturated heterocycles. The molecule has 1 heterocycles. The SMILES string of the molecule is N#CSc1nc(Nc2ccc(CCC(=O)O)cc2)ncc1[N+](=O)[O-]. The van der Waals surface area contributed by atoms with Crippen LogP contribution in [-0.2, 0) is 11.2 Å². The number of carboxylic acid groups (broad SMARTS) is 1. The quantitative estimate of drug-likeness (QED) is 0.254. The van der Waals surface area contributed by atoms with Gasteiger partial charge in [-0.3, -0.25) is 14.9 Å². The van der Waals surface area contributed by atoms with Gasteiger partial charge in [0.05, 0.1) is 4.92 Å². The summed E-state index contributed by atoms with van der Waals surface area (Å²) in [7, 11) is 0. The van der Waals surface area contributed by atoms with Gasteiger partial charge >= 0.3 is 11.7 Å². The monoisotopic (exact) mass is 345 g/mol. The van der Waals surface area contributed by atoms with Gasteiger partial charge in [0, 0.05) is 23.9 Å². The Kier molecular flexibility index (Phi) is 5.64. The van der Waals surface area contributed by atoms with Gasteiger partial charge in [-0.1, -0.05) is 12.1 Å². The average Bonchev–Trinajstić information content (AvgIpc) is 2.54. The molecule has 2 aromatic rings. The molecule has 0 spiro atoms. The van der Waals surface area contributed by atoms with Crippen LogP contribution in [0, 0.1) is 20.8 Å². The number of carboxylic acids is 1. The van der Waals surface area contributed by atoms with Crippen LogP contribution in [0.1, 0.15) is 12.0 Å². The Hall–Kier alpha value is -3.19. The maximum absolute atomic E-state index is 10.9. The lowest BCUT2D eigenvalue weighted by Crippen LogP contribution is -2.01. The number of carbonyl (C=O) groups is 1. The van der Waals surface area contributed by atoms with Crippen LogP contribution >= 0.6 is 11.8 Å². The molecular formula is C14H11N5O4S. The summed E-state index contributed by atoms with van der Waals surface area (Å²) in [5.74, 6) is -0.740. The number of thioether (sulfide) groups is 1. The molecule has 0 radical (unpaired) electrons. The fourth-order valence-electron chi connectivity index (χ4n) is 1.80. The molecule has 1 aromatic heterocycles. The smallest absolute Gasteiger partial charge is 0.320 e. The maximum atomic E-state index is 10.9. The molecule has 0 bridgehead atoms. The zero-order chi connectivity index (χ0) is 17.5. The van der Waals surface area contributed by atoms with E-state index in [2.05, 4.69) is 15.3 Å². The van der Waals surface area contributed by atoms with E-state index in [1.165, 1.54) is 0 Å². The number of thiocyanates is 1. The molecule has 0 saturated carbocycles. The van der Waals surface area contributed by atoms with Crippen molar-refractivity contribution in [1.82, 2.24) is 9.97 Å². The molecule has 24 heavy (non-hydrogen) atoms. The van der Waals surface area contributed by atoms with Gasteiger partial charge < -0.3 is 10.4 Å². The number of anilines is 2. The highest BCUT2D eigenvalue weighted by Gasteiger charge is 2.18. The van der Waals surface area contributed by atoms with E-state index in [9.17, 15) is 14.9 Å². The Morgan fingerprint density at radius 3 is 2.71 bits per heavy atom. The Balaban J connectivity index is 2.13. The summed E-state index contributed by atoms with van der Waals surface area (Å²) in [5.41, 5.74) is 1.17. The average molecular weight is 345 g/mol. The molecule has 0 unspecified atom stereocenters. The minimum absolute atomic E-state index is 0.0434. The predicted octanol–water partition coefficient (Wildman–Crippen LogP) is 2.72. The number of nitriles is 1. The molecule has 2 N–H and O–H groups in total. The van der Waals surface area contributed by atoms with Crippen molar-refractivity contribution in [2.45, 2.75) is 17.9 Å². The maximum Gasteiger partial charge on any atom is 0.320 e. The second kappa shape index (κ2) is 7.89. The minimum Gasteiger partial charge on any atom is -0.481 e. The van der Waals surface area contributed by atoms with Gasteiger partial charge in [0.25, 0.3) is 0 Å². The van der Waals surface area contributed by atoms with Crippen molar-refractivity contribution in [3.63, 3.8) is 0 Å². The van der Waals surface area contributed by atoms with E-state index in [-0.39, 0.29) is 23.1 Å². The van der Waals surface area contributed by atoms with E-state index in [0.29, 0.717) is 23.9 Å². The third-order valence-electron chi connectivity index (χ3n) is 2.91. The van der Waals surface area contributed by atoms with Crippen molar-refractivity contribution < 1.29 is 14.8 Å². The molecule has 122 valence electrons. The van der Waals surface area contributed by atoms with Crippen molar-refractivity contribution >= 4 is 35.1 Å². The first-order chi connectivity index (χ1) is 11.5. The van der Waals surface area contributed by atoms with E-state index in [0.717, 1.165) is 11.8 Å². The van der Waals surface area contributed by atoms with Gasteiger partial charge in [0.15, 0.2) is 5.03 Å². The fraction of sp³-hybridized carbons (Fsp3) is 0.143. The normalized spacial score (nSPS) is 9.96. The van der Waals surface area contributed by atoms with Gasteiger partial charge in [0.1, 0.15) is 11.6 Å². The number of benzene rings is 1. The topological polar surface area (TPSA) is 142 Å². The summed E-state index contributed by atoms with van der Waals surface area (Å²) in [5, 5.41) is 32.8. The molecule has 0 aliphatic rings.